The smallest absolute Gasteiger partial charge is 0.0595 e. The molecule has 4 heteroatoms. The molecule has 0 aliphatic rings. The number of alkyl halides is 1. The van der Waals surface area contributed by atoms with Crippen molar-refractivity contribution in [1.82, 2.24) is 0 Å². The van der Waals surface area contributed by atoms with Crippen molar-refractivity contribution in [3.05, 3.63) is 123 Å². The van der Waals surface area contributed by atoms with E-state index in [9.17, 15) is 0 Å². The molecular weight excluding hydrogens is 474 g/mol. The van der Waals surface area contributed by atoms with Gasteiger partial charge in [-0.25, -0.2) is 0 Å². The number of hydrogen-bond acceptors (Lipinski definition) is 0. The summed E-state index contributed by atoms with van der Waals surface area (Å²) in [5.41, 5.74) is 4.96. The minimum absolute atomic E-state index is 0.469. The number of rotatable bonds is 4. The fourth-order valence-corrected chi connectivity index (χ4v) is 6.46. The summed E-state index contributed by atoms with van der Waals surface area (Å²) in [6.07, 6.45) is 0. The summed E-state index contributed by atoms with van der Waals surface area (Å²) in [4.78, 5) is 0. The normalized spacial score (nSPS) is 10.6. The number of halogens is 3. The van der Waals surface area contributed by atoms with Crippen molar-refractivity contribution in [2.45, 2.75) is 26.7 Å². The lowest BCUT2D eigenvalue weighted by atomic mass is 10.2. The Hall–Kier alpha value is -1.82. The molecule has 32 heavy (non-hydrogen) atoms. The van der Waals surface area contributed by atoms with Crippen molar-refractivity contribution in [3.8, 4) is 0 Å². The first kappa shape index (κ1) is 24.8. The number of benzene rings is 4. The van der Waals surface area contributed by atoms with Gasteiger partial charge in [-0.2, -0.15) is 0 Å². The Labute approximate surface area is 207 Å². The van der Waals surface area contributed by atoms with Gasteiger partial charge in [0.15, 0.2) is 0 Å². The minimum atomic E-state index is -0.495. The van der Waals surface area contributed by atoms with Gasteiger partial charge in [0.05, 0.1) is 10.0 Å². The van der Waals surface area contributed by atoms with E-state index in [-0.39, 0.29) is 0 Å². The van der Waals surface area contributed by atoms with Crippen LogP contribution in [0.2, 0.25) is 10.0 Å². The third-order valence-corrected chi connectivity index (χ3v) is 8.35. The van der Waals surface area contributed by atoms with Crippen LogP contribution in [0.3, 0.4) is 0 Å². The molecule has 0 nitrogen and oxygen atoms in total. The van der Waals surface area contributed by atoms with E-state index in [1.54, 1.807) is 12.1 Å². The maximum atomic E-state index is 5.70. The van der Waals surface area contributed by atoms with Crippen LogP contribution in [0.4, 0.5) is 0 Å². The maximum Gasteiger partial charge on any atom is 0.0595 e. The van der Waals surface area contributed by atoms with Gasteiger partial charge >= 0.3 is 0 Å². The van der Waals surface area contributed by atoms with Gasteiger partial charge in [0, 0.05) is 5.88 Å². The van der Waals surface area contributed by atoms with Crippen molar-refractivity contribution >= 4 is 58.6 Å². The second-order valence-corrected chi connectivity index (χ2v) is 11.0. The van der Waals surface area contributed by atoms with Crippen LogP contribution in [0.5, 0.6) is 0 Å². The highest BCUT2D eigenvalue weighted by Crippen LogP contribution is 2.33. The molecule has 164 valence electrons. The molecule has 0 aliphatic carbocycles. The predicted molar refractivity (Wildman–Crippen MR) is 145 cm³/mol. The largest absolute Gasteiger partial charge is 0.122 e. The summed E-state index contributed by atoms with van der Waals surface area (Å²) in [5.74, 6) is 0.469. The predicted octanol–water partition coefficient (Wildman–Crippen LogP) is 8.10. The first-order chi connectivity index (χ1) is 15.4. The second-order valence-electron chi connectivity index (χ2n) is 7.73. The fourth-order valence-electron chi connectivity index (χ4n) is 3.37. The Kier molecular flexibility index (Phi) is 9.21. The summed E-state index contributed by atoms with van der Waals surface area (Å²) in [7, 11) is -0.495. The summed E-state index contributed by atoms with van der Waals surface area (Å²) in [6.45, 7) is 6.51. The van der Waals surface area contributed by atoms with E-state index in [1.807, 2.05) is 6.07 Å². The lowest BCUT2D eigenvalue weighted by molar-refractivity contribution is 1.40. The van der Waals surface area contributed by atoms with Crippen molar-refractivity contribution in [3.63, 3.8) is 0 Å². The molecule has 0 unspecified atom stereocenters. The lowest BCUT2D eigenvalue weighted by Gasteiger charge is -2.20. The van der Waals surface area contributed by atoms with Crippen molar-refractivity contribution in [2.75, 3.05) is 0 Å². The van der Waals surface area contributed by atoms with Crippen LogP contribution in [-0.2, 0) is 5.88 Å². The standard InChI is InChI=1S/C21H21P.C7H5Cl3/c1-16-7-4-10-19(13-16)22(20-11-5-8-17(2)14-20)21-12-6-9-18(3)15-21;8-4-5-1-2-6(9)7(10)3-5/h4-15H,1-3H3;1-3H,4H2. The van der Waals surface area contributed by atoms with Crippen molar-refractivity contribution in [2.24, 2.45) is 0 Å². The zero-order valence-electron chi connectivity index (χ0n) is 18.4. The van der Waals surface area contributed by atoms with E-state index >= 15 is 0 Å². The lowest BCUT2D eigenvalue weighted by Crippen LogP contribution is -2.21. The highest BCUT2D eigenvalue weighted by Gasteiger charge is 2.16. The zero-order chi connectivity index (χ0) is 23.1. The van der Waals surface area contributed by atoms with E-state index < -0.39 is 7.92 Å². The van der Waals surface area contributed by atoms with Gasteiger partial charge in [0.1, 0.15) is 0 Å². The molecule has 0 spiro atoms. The monoisotopic (exact) mass is 498 g/mol. The Bertz CT molecular complexity index is 1080. The highest BCUT2D eigenvalue weighted by atomic mass is 35.5. The van der Waals surface area contributed by atoms with E-state index in [0.717, 1.165) is 5.56 Å². The van der Waals surface area contributed by atoms with Crippen LogP contribution in [0.15, 0.2) is 91.0 Å². The third-order valence-electron chi connectivity index (χ3n) is 4.92. The van der Waals surface area contributed by atoms with Gasteiger partial charge in [-0.05, 0) is 62.3 Å². The fraction of sp³-hybridized carbons (Fsp3) is 0.143. The molecule has 0 radical (unpaired) electrons. The number of aryl methyl sites for hydroxylation is 3. The Morgan fingerprint density at radius 1 is 0.562 bits per heavy atom. The van der Waals surface area contributed by atoms with E-state index in [0.29, 0.717) is 15.9 Å². The quantitative estimate of drug-likeness (QED) is 0.196. The van der Waals surface area contributed by atoms with E-state index in [1.165, 1.54) is 32.6 Å². The summed E-state index contributed by atoms with van der Waals surface area (Å²) in [6, 6.07) is 32.2. The summed E-state index contributed by atoms with van der Waals surface area (Å²) >= 11 is 16.9. The zero-order valence-corrected chi connectivity index (χ0v) is 21.6. The first-order valence-corrected chi connectivity index (χ1v) is 13.0. The van der Waals surface area contributed by atoms with Gasteiger partial charge in [0.25, 0.3) is 0 Å². The van der Waals surface area contributed by atoms with Crippen LogP contribution >= 0.6 is 42.7 Å². The molecule has 0 aromatic heterocycles. The topological polar surface area (TPSA) is 0 Å². The molecule has 0 atom stereocenters. The molecule has 0 aliphatic heterocycles. The second kappa shape index (κ2) is 11.9. The molecule has 0 saturated carbocycles. The summed E-state index contributed by atoms with van der Waals surface area (Å²) < 4.78 is 0. The molecule has 4 aromatic rings. The average Bonchev–Trinajstić information content (AvgIpc) is 2.77. The van der Waals surface area contributed by atoms with Gasteiger partial charge in [-0.1, -0.05) is 119 Å². The molecule has 0 amide bonds. The summed E-state index contributed by atoms with van der Waals surface area (Å²) in [5, 5.41) is 5.39. The van der Waals surface area contributed by atoms with Gasteiger partial charge < -0.3 is 0 Å². The van der Waals surface area contributed by atoms with Crippen LogP contribution in [0.1, 0.15) is 22.3 Å². The van der Waals surface area contributed by atoms with Crippen LogP contribution in [0, 0.1) is 20.8 Å². The van der Waals surface area contributed by atoms with Gasteiger partial charge in [-0.15, -0.1) is 11.6 Å². The van der Waals surface area contributed by atoms with Gasteiger partial charge in [-0.3, -0.25) is 0 Å². The van der Waals surface area contributed by atoms with Crippen LogP contribution < -0.4 is 15.9 Å². The molecule has 0 N–H and O–H groups in total. The Morgan fingerprint density at radius 2 is 1.00 bits per heavy atom. The van der Waals surface area contributed by atoms with Crippen LogP contribution in [0.25, 0.3) is 0 Å². The molecule has 0 saturated heterocycles. The maximum absolute atomic E-state index is 5.70. The number of hydrogen-bond donors (Lipinski definition) is 0. The van der Waals surface area contributed by atoms with Crippen LogP contribution in [-0.4, -0.2) is 0 Å². The molecule has 0 heterocycles. The average molecular weight is 500 g/mol. The highest BCUT2D eigenvalue weighted by molar-refractivity contribution is 7.79. The van der Waals surface area contributed by atoms with Crippen molar-refractivity contribution in [1.29, 1.82) is 0 Å². The SMILES string of the molecule is Cc1cccc(P(c2cccc(C)c2)c2cccc(C)c2)c1.ClCc1ccc(Cl)c(Cl)c1. The van der Waals surface area contributed by atoms with E-state index in [4.69, 9.17) is 34.8 Å². The molecular formula is C28H26Cl3P. The first-order valence-electron chi connectivity index (χ1n) is 10.4. The molecule has 4 aromatic carbocycles. The molecule has 0 fully saturated rings. The molecule has 0 bridgehead atoms. The molecule has 4 rings (SSSR count). The Balaban J connectivity index is 0.000000243. The van der Waals surface area contributed by atoms with Gasteiger partial charge in [0.2, 0.25) is 0 Å². The third kappa shape index (κ3) is 6.84. The Morgan fingerprint density at radius 3 is 1.34 bits per heavy atom. The van der Waals surface area contributed by atoms with E-state index in [2.05, 4.69) is 93.6 Å². The minimum Gasteiger partial charge on any atom is -0.122 e. The van der Waals surface area contributed by atoms with Crippen molar-refractivity contribution < 1.29 is 0 Å².